The van der Waals surface area contributed by atoms with Crippen molar-refractivity contribution >= 4 is 23.2 Å². The number of nitrogens with zero attached hydrogens (tertiary/aromatic N) is 2. The summed E-state index contributed by atoms with van der Waals surface area (Å²) in [7, 11) is 0. The molecule has 26 heavy (non-hydrogen) atoms. The molecule has 1 aliphatic heterocycles. The molecule has 1 saturated heterocycles. The number of carboxylic acid groups (broad SMARTS) is 1. The van der Waals surface area contributed by atoms with Gasteiger partial charge in [-0.05, 0) is 30.7 Å². The second-order valence-electron chi connectivity index (χ2n) is 7.20. The van der Waals surface area contributed by atoms with Gasteiger partial charge in [0, 0.05) is 17.8 Å². The Morgan fingerprint density at radius 2 is 1.96 bits per heavy atom. The SMILES string of the molecule is O=C(O)C1CC2CCCCC2N1C(=O)c1csc(Cc2ccccc2)n1. The summed E-state index contributed by atoms with van der Waals surface area (Å²) in [6, 6.07) is 9.36. The van der Waals surface area contributed by atoms with Crippen LogP contribution in [0, 0.1) is 5.92 Å². The lowest BCUT2D eigenvalue weighted by Crippen LogP contribution is -2.46. The molecule has 3 unspecified atom stereocenters. The zero-order valence-corrected chi connectivity index (χ0v) is 15.3. The molecule has 2 aromatic rings. The van der Waals surface area contributed by atoms with Gasteiger partial charge in [0.05, 0.1) is 5.01 Å². The molecule has 1 amide bonds. The lowest BCUT2D eigenvalue weighted by Gasteiger charge is -2.32. The molecule has 1 aliphatic carbocycles. The number of carbonyl (C=O) groups excluding carboxylic acids is 1. The Kier molecular flexibility index (Phi) is 4.76. The molecule has 3 atom stereocenters. The maximum absolute atomic E-state index is 13.1. The zero-order valence-electron chi connectivity index (χ0n) is 14.5. The zero-order chi connectivity index (χ0) is 18.1. The highest BCUT2D eigenvalue weighted by Crippen LogP contribution is 2.40. The molecule has 4 rings (SSSR count). The van der Waals surface area contributed by atoms with Gasteiger partial charge in [-0.1, -0.05) is 43.2 Å². The minimum absolute atomic E-state index is 0.0524. The Balaban J connectivity index is 1.55. The fourth-order valence-corrected chi connectivity index (χ4v) is 5.17. The van der Waals surface area contributed by atoms with Gasteiger partial charge in [0.25, 0.3) is 5.91 Å². The van der Waals surface area contributed by atoms with Crippen molar-refractivity contribution in [2.24, 2.45) is 5.92 Å². The van der Waals surface area contributed by atoms with Crippen molar-refractivity contribution in [3.8, 4) is 0 Å². The Labute approximate surface area is 156 Å². The summed E-state index contributed by atoms with van der Waals surface area (Å²) in [5.74, 6) is -0.800. The number of carboxylic acids is 1. The molecule has 1 aromatic heterocycles. The van der Waals surface area contributed by atoms with E-state index in [-0.39, 0.29) is 11.9 Å². The molecule has 0 radical (unpaired) electrons. The fourth-order valence-electron chi connectivity index (χ4n) is 4.37. The predicted molar refractivity (Wildman–Crippen MR) is 99.3 cm³/mol. The first-order valence-electron chi connectivity index (χ1n) is 9.17. The fraction of sp³-hybridized carbons (Fsp3) is 0.450. The van der Waals surface area contributed by atoms with Crippen LogP contribution in [0.15, 0.2) is 35.7 Å². The van der Waals surface area contributed by atoms with Gasteiger partial charge in [-0.25, -0.2) is 9.78 Å². The van der Waals surface area contributed by atoms with Crippen molar-refractivity contribution in [1.82, 2.24) is 9.88 Å². The molecule has 6 heteroatoms. The smallest absolute Gasteiger partial charge is 0.326 e. The molecule has 136 valence electrons. The van der Waals surface area contributed by atoms with Crippen LogP contribution in [0.1, 0.15) is 53.2 Å². The number of carbonyl (C=O) groups is 2. The summed E-state index contributed by atoms with van der Waals surface area (Å²) in [5.41, 5.74) is 1.54. The first-order chi connectivity index (χ1) is 12.6. The van der Waals surface area contributed by atoms with Crippen molar-refractivity contribution in [2.75, 3.05) is 0 Å². The highest BCUT2D eigenvalue weighted by molar-refractivity contribution is 7.09. The molecule has 1 N–H and O–H groups in total. The van der Waals surface area contributed by atoms with Crippen molar-refractivity contribution in [1.29, 1.82) is 0 Å². The van der Waals surface area contributed by atoms with Crippen LogP contribution in [0.25, 0.3) is 0 Å². The van der Waals surface area contributed by atoms with Crippen LogP contribution in [0.4, 0.5) is 0 Å². The first kappa shape index (κ1) is 17.2. The van der Waals surface area contributed by atoms with Crippen LogP contribution in [0.5, 0.6) is 0 Å². The first-order valence-corrected chi connectivity index (χ1v) is 10.1. The summed E-state index contributed by atoms with van der Waals surface area (Å²) in [6.07, 6.45) is 5.39. The molecule has 2 fully saturated rings. The topological polar surface area (TPSA) is 70.5 Å². The van der Waals surface area contributed by atoms with Gasteiger partial charge in [0.15, 0.2) is 0 Å². The van der Waals surface area contributed by atoms with Crippen LogP contribution in [0.2, 0.25) is 0 Å². The molecule has 0 spiro atoms. The van der Waals surface area contributed by atoms with E-state index in [1.807, 2.05) is 30.3 Å². The molecule has 5 nitrogen and oxygen atoms in total. The minimum Gasteiger partial charge on any atom is -0.480 e. The maximum atomic E-state index is 13.1. The van der Waals surface area contributed by atoms with E-state index in [9.17, 15) is 14.7 Å². The Bertz CT molecular complexity index is 804. The third-order valence-corrected chi connectivity index (χ3v) is 6.43. The number of hydrogen-bond acceptors (Lipinski definition) is 4. The van der Waals surface area contributed by atoms with E-state index in [1.54, 1.807) is 10.3 Å². The normalized spacial score (nSPS) is 25.1. The van der Waals surface area contributed by atoms with E-state index in [0.29, 0.717) is 24.5 Å². The maximum Gasteiger partial charge on any atom is 0.326 e. The molecule has 1 saturated carbocycles. The molecule has 2 heterocycles. The average molecular weight is 370 g/mol. The summed E-state index contributed by atoms with van der Waals surface area (Å²) in [4.78, 5) is 30.9. The van der Waals surface area contributed by atoms with E-state index in [2.05, 4.69) is 4.98 Å². The molecular formula is C20H22N2O3S. The van der Waals surface area contributed by atoms with E-state index in [1.165, 1.54) is 11.3 Å². The molecule has 0 bridgehead atoms. The Morgan fingerprint density at radius 1 is 1.19 bits per heavy atom. The largest absolute Gasteiger partial charge is 0.480 e. The lowest BCUT2D eigenvalue weighted by atomic mass is 9.84. The van der Waals surface area contributed by atoms with Crippen LogP contribution < -0.4 is 0 Å². The van der Waals surface area contributed by atoms with Crippen LogP contribution >= 0.6 is 11.3 Å². The third kappa shape index (κ3) is 3.26. The monoisotopic (exact) mass is 370 g/mol. The highest BCUT2D eigenvalue weighted by atomic mass is 32.1. The summed E-state index contributed by atoms with van der Waals surface area (Å²) in [5, 5.41) is 12.3. The minimum atomic E-state index is -0.896. The van der Waals surface area contributed by atoms with E-state index >= 15 is 0 Å². The van der Waals surface area contributed by atoms with E-state index < -0.39 is 12.0 Å². The van der Waals surface area contributed by atoms with Gasteiger partial charge in [-0.2, -0.15) is 0 Å². The number of rotatable bonds is 4. The van der Waals surface area contributed by atoms with Crippen molar-refractivity contribution in [3.63, 3.8) is 0 Å². The number of likely N-dealkylation sites (tertiary alicyclic amines) is 1. The summed E-state index contributed by atoms with van der Waals surface area (Å²) < 4.78 is 0. The van der Waals surface area contributed by atoms with Gasteiger partial charge < -0.3 is 10.0 Å². The summed E-state index contributed by atoms with van der Waals surface area (Å²) in [6.45, 7) is 0. The van der Waals surface area contributed by atoms with Gasteiger partial charge in [-0.3, -0.25) is 4.79 Å². The number of hydrogen-bond donors (Lipinski definition) is 1. The second-order valence-corrected chi connectivity index (χ2v) is 8.15. The summed E-state index contributed by atoms with van der Waals surface area (Å²) >= 11 is 1.46. The molecular weight excluding hydrogens is 348 g/mol. The Morgan fingerprint density at radius 3 is 2.73 bits per heavy atom. The van der Waals surface area contributed by atoms with Gasteiger partial charge >= 0.3 is 5.97 Å². The lowest BCUT2D eigenvalue weighted by molar-refractivity contribution is -0.141. The molecule has 2 aliphatic rings. The van der Waals surface area contributed by atoms with Crippen molar-refractivity contribution in [3.05, 3.63) is 52.0 Å². The number of fused-ring (bicyclic) bond motifs is 1. The predicted octanol–water partition coefficient (Wildman–Crippen LogP) is 3.59. The number of aliphatic carboxylic acids is 1. The van der Waals surface area contributed by atoms with Crippen molar-refractivity contribution in [2.45, 2.75) is 50.6 Å². The van der Waals surface area contributed by atoms with E-state index in [4.69, 9.17) is 0 Å². The average Bonchev–Trinajstić information content (AvgIpc) is 3.26. The number of aromatic nitrogens is 1. The Hall–Kier alpha value is -2.21. The van der Waals surface area contributed by atoms with Gasteiger partial charge in [-0.15, -0.1) is 11.3 Å². The van der Waals surface area contributed by atoms with Gasteiger partial charge in [0.1, 0.15) is 11.7 Å². The molecule has 1 aromatic carbocycles. The van der Waals surface area contributed by atoms with Crippen molar-refractivity contribution < 1.29 is 14.7 Å². The number of thiazole rings is 1. The van der Waals surface area contributed by atoms with Crippen LogP contribution in [-0.2, 0) is 11.2 Å². The standard InChI is InChI=1S/C20H22N2O3S/c23-19(15-12-26-18(21-15)10-13-6-2-1-3-7-13)22-16-9-5-4-8-14(16)11-17(22)20(24)25/h1-3,6-7,12,14,16-17H,4-5,8-11H2,(H,24,25). The number of benzene rings is 1. The van der Waals surface area contributed by atoms with Crippen LogP contribution in [0.3, 0.4) is 0 Å². The van der Waals surface area contributed by atoms with E-state index in [0.717, 1.165) is 36.3 Å². The van der Waals surface area contributed by atoms with Gasteiger partial charge in [0.2, 0.25) is 0 Å². The highest BCUT2D eigenvalue weighted by Gasteiger charge is 2.48. The third-order valence-electron chi connectivity index (χ3n) is 5.58. The number of amides is 1. The quantitative estimate of drug-likeness (QED) is 0.893. The van der Waals surface area contributed by atoms with Crippen LogP contribution in [-0.4, -0.2) is 39.0 Å². The second kappa shape index (κ2) is 7.19.